The molecule has 0 unspecified atom stereocenters. The summed E-state index contributed by atoms with van der Waals surface area (Å²) in [6.45, 7) is 2.34. The Labute approximate surface area is 154 Å². The third-order valence-corrected chi connectivity index (χ3v) is 3.60. The van der Waals surface area contributed by atoms with E-state index >= 15 is 0 Å². The van der Waals surface area contributed by atoms with Gasteiger partial charge in [0.15, 0.2) is 18.1 Å². The first-order valence-corrected chi connectivity index (χ1v) is 8.42. The highest BCUT2D eigenvalue weighted by molar-refractivity contribution is 9.10. The standard InChI is InChI=1S/C18H19BrN2O4/c1-3-24-16-9-4-13(10-17(16)23-2)11-20-21-18(22)12-25-15-7-5-14(19)6-8-15/h4-11H,3,12H2,1-2H3,(H,21,22)/b20-11+. The van der Waals surface area contributed by atoms with Gasteiger partial charge in [-0.2, -0.15) is 5.10 Å². The fourth-order valence-corrected chi connectivity index (χ4v) is 2.19. The van der Waals surface area contributed by atoms with Crippen molar-refractivity contribution in [3.05, 3.63) is 52.5 Å². The third-order valence-electron chi connectivity index (χ3n) is 3.07. The molecule has 0 bridgehead atoms. The van der Waals surface area contributed by atoms with E-state index in [2.05, 4.69) is 26.5 Å². The smallest absolute Gasteiger partial charge is 0.277 e. The lowest BCUT2D eigenvalue weighted by Gasteiger charge is -2.09. The van der Waals surface area contributed by atoms with E-state index in [0.717, 1.165) is 10.0 Å². The van der Waals surface area contributed by atoms with Gasteiger partial charge in [0.05, 0.1) is 19.9 Å². The fraction of sp³-hybridized carbons (Fsp3) is 0.222. The average molecular weight is 407 g/mol. The van der Waals surface area contributed by atoms with Crippen LogP contribution in [0.25, 0.3) is 0 Å². The van der Waals surface area contributed by atoms with E-state index in [-0.39, 0.29) is 12.5 Å². The molecule has 0 aliphatic carbocycles. The molecule has 1 amide bonds. The number of hydrogen-bond acceptors (Lipinski definition) is 5. The summed E-state index contributed by atoms with van der Waals surface area (Å²) in [5.41, 5.74) is 3.19. The van der Waals surface area contributed by atoms with Gasteiger partial charge in [-0.05, 0) is 55.0 Å². The van der Waals surface area contributed by atoms with Crippen molar-refractivity contribution in [2.24, 2.45) is 5.10 Å². The molecule has 0 saturated heterocycles. The maximum Gasteiger partial charge on any atom is 0.277 e. The van der Waals surface area contributed by atoms with Gasteiger partial charge in [-0.3, -0.25) is 4.79 Å². The lowest BCUT2D eigenvalue weighted by molar-refractivity contribution is -0.123. The van der Waals surface area contributed by atoms with Gasteiger partial charge in [0.1, 0.15) is 5.75 Å². The summed E-state index contributed by atoms with van der Waals surface area (Å²) in [4.78, 5) is 11.7. The highest BCUT2D eigenvalue weighted by atomic mass is 79.9. The Morgan fingerprint density at radius 3 is 2.60 bits per heavy atom. The van der Waals surface area contributed by atoms with Gasteiger partial charge in [-0.15, -0.1) is 0 Å². The number of nitrogens with one attached hydrogen (secondary N) is 1. The van der Waals surface area contributed by atoms with Crippen molar-refractivity contribution in [1.29, 1.82) is 0 Å². The maximum absolute atomic E-state index is 11.7. The molecule has 0 aliphatic heterocycles. The van der Waals surface area contributed by atoms with Crippen LogP contribution in [-0.4, -0.2) is 32.4 Å². The Kier molecular flexibility index (Phi) is 7.28. The summed E-state index contributed by atoms with van der Waals surface area (Å²) in [5, 5.41) is 3.91. The second-order valence-electron chi connectivity index (χ2n) is 4.88. The Morgan fingerprint density at radius 2 is 1.92 bits per heavy atom. The molecule has 2 aromatic carbocycles. The number of methoxy groups -OCH3 is 1. The summed E-state index contributed by atoms with van der Waals surface area (Å²) in [6.07, 6.45) is 1.52. The number of ether oxygens (including phenoxy) is 3. The van der Waals surface area contributed by atoms with Crippen molar-refractivity contribution in [1.82, 2.24) is 5.43 Å². The van der Waals surface area contributed by atoms with Crippen LogP contribution in [0.3, 0.4) is 0 Å². The van der Waals surface area contributed by atoms with Crippen LogP contribution in [0, 0.1) is 0 Å². The molecule has 25 heavy (non-hydrogen) atoms. The first-order chi connectivity index (χ1) is 12.1. The Morgan fingerprint density at radius 1 is 1.16 bits per heavy atom. The molecule has 0 heterocycles. The van der Waals surface area contributed by atoms with Crippen molar-refractivity contribution in [2.45, 2.75) is 6.92 Å². The number of nitrogens with zero attached hydrogens (tertiary/aromatic N) is 1. The third kappa shape index (κ3) is 6.11. The first-order valence-electron chi connectivity index (χ1n) is 7.63. The van der Waals surface area contributed by atoms with E-state index in [9.17, 15) is 4.79 Å². The molecule has 0 saturated carbocycles. The number of benzene rings is 2. The summed E-state index contributed by atoms with van der Waals surface area (Å²) in [7, 11) is 1.57. The molecule has 7 heteroatoms. The van der Waals surface area contributed by atoms with Gasteiger partial charge in [-0.1, -0.05) is 15.9 Å². The number of amides is 1. The quantitative estimate of drug-likeness (QED) is 0.538. The number of carbonyl (C=O) groups excluding carboxylic acids is 1. The lowest BCUT2D eigenvalue weighted by atomic mass is 10.2. The molecule has 2 aromatic rings. The van der Waals surface area contributed by atoms with Crippen LogP contribution in [0.4, 0.5) is 0 Å². The minimum absolute atomic E-state index is 0.119. The minimum Gasteiger partial charge on any atom is -0.493 e. The zero-order chi connectivity index (χ0) is 18.1. The molecule has 1 N–H and O–H groups in total. The summed E-state index contributed by atoms with van der Waals surface area (Å²) in [6, 6.07) is 12.6. The zero-order valence-electron chi connectivity index (χ0n) is 14.0. The van der Waals surface area contributed by atoms with Crippen LogP contribution < -0.4 is 19.6 Å². The Bertz CT molecular complexity index is 732. The largest absolute Gasteiger partial charge is 0.493 e. The van der Waals surface area contributed by atoms with Gasteiger partial charge in [0.25, 0.3) is 5.91 Å². The average Bonchev–Trinajstić information content (AvgIpc) is 2.62. The fourth-order valence-electron chi connectivity index (χ4n) is 1.93. The van der Waals surface area contributed by atoms with Crippen molar-refractivity contribution >= 4 is 28.1 Å². The van der Waals surface area contributed by atoms with Crippen molar-refractivity contribution in [3.8, 4) is 17.2 Å². The summed E-state index contributed by atoms with van der Waals surface area (Å²) in [5.74, 6) is 1.53. The van der Waals surface area contributed by atoms with Crippen molar-refractivity contribution < 1.29 is 19.0 Å². The Hall–Kier alpha value is -2.54. The van der Waals surface area contributed by atoms with Gasteiger partial charge >= 0.3 is 0 Å². The van der Waals surface area contributed by atoms with E-state index < -0.39 is 0 Å². The van der Waals surface area contributed by atoms with Crippen molar-refractivity contribution in [3.63, 3.8) is 0 Å². The summed E-state index contributed by atoms with van der Waals surface area (Å²) < 4.78 is 17.0. The monoisotopic (exact) mass is 406 g/mol. The van der Waals surface area contributed by atoms with E-state index in [1.807, 2.05) is 25.1 Å². The maximum atomic E-state index is 11.7. The van der Waals surface area contributed by atoms with Crippen LogP contribution in [0.2, 0.25) is 0 Å². The lowest BCUT2D eigenvalue weighted by Crippen LogP contribution is -2.24. The van der Waals surface area contributed by atoms with Crippen LogP contribution in [-0.2, 0) is 4.79 Å². The molecule has 0 radical (unpaired) electrons. The predicted octanol–water partition coefficient (Wildman–Crippen LogP) is 3.39. The van der Waals surface area contributed by atoms with Gasteiger partial charge in [0, 0.05) is 4.47 Å². The van der Waals surface area contributed by atoms with Crippen LogP contribution in [0.1, 0.15) is 12.5 Å². The zero-order valence-corrected chi connectivity index (χ0v) is 15.6. The second-order valence-corrected chi connectivity index (χ2v) is 5.79. The normalized spacial score (nSPS) is 10.5. The highest BCUT2D eigenvalue weighted by Gasteiger charge is 2.05. The van der Waals surface area contributed by atoms with Crippen LogP contribution in [0.15, 0.2) is 52.0 Å². The molecular weight excluding hydrogens is 388 g/mol. The number of carbonyl (C=O) groups is 1. The molecule has 0 fully saturated rings. The molecule has 0 atom stereocenters. The number of hydrogen-bond donors (Lipinski definition) is 1. The van der Waals surface area contributed by atoms with Crippen LogP contribution in [0.5, 0.6) is 17.2 Å². The van der Waals surface area contributed by atoms with Gasteiger partial charge in [-0.25, -0.2) is 5.43 Å². The SMILES string of the molecule is CCOc1ccc(/C=N/NC(=O)COc2ccc(Br)cc2)cc1OC. The number of hydrazone groups is 1. The number of rotatable bonds is 8. The van der Waals surface area contributed by atoms with E-state index in [1.54, 1.807) is 31.4 Å². The second kappa shape index (κ2) is 9.68. The molecule has 6 nitrogen and oxygen atoms in total. The molecule has 0 aliphatic rings. The van der Waals surface area contributed by atoms with Crippen molar-refractivity contribution in [2.75, 3.05) is 20.3 Å². The van der Waals surface area contributed by atoms with Gasteiger partial charge < -0.3 is 14.2 Å². The number of halogens is 1. The van der Waals surface area contributed by atoms with Gasteiger partial charge in [0.2, 0.25) is 0 Å². The topological polar surface area (TPSA) is 69.2 Å². The van der Waals surface area contributed by atoms with E-state index in [1.165, 1.54) is 6.21 Å². The minimum atomic E-state index is -0.350. The van der Waals surface area contributed by atoms with E-state index in [4.69, 9.17) is 14.2 Å². The molecule has 0 spiro atoms. The molecular formula is C18H19BrN2O4. The molecule has 132 valence electrons. The Balaban J connectivity index is 1.85. The molecule has 2 rings (SSSR count). The summed E-state index contributed by atoms with van der Waals surface area (Å²) >= 11 is 3.33. The van der Waals surface area contributed by atoms with Crippen LogP contribution >= 0.6 is 15.9 Å². The molecule has 0 aromatic heterocycles. The predicted molar refractivity (Wildman–Crippen MR) is 99.5 cm³/mol. The highest BCUT2D eigenvalue weighted by Crippen LogP contribution is 2.27. The first kappa shape index (κ1) is 18.8. The van der Waals surface area contributed by atoms with E-state index in [0.29, 0.717) is 23.9 Å².